The second-order valence-corrected chi connectivity index (χ2v) is 6.47. The Morgan fingerprint density at radius 2 is 2.06 bits per heavy atom. The minimum absolute atomic E-state index is 0.135. The van der Waals surface area contributed by atoms with Gasteiger partial charge in [0.05, 0.1) is 0 Å². The summed E-state index contributed by atoms with van der Waals surface area (Å²) < 4.78 is 26.4. The molecule has 0 amide bonds. The molecule has 0 bridgehead atoms. The van der Waals surface area contributed by atoms with Crippen LogP contribution in [0.2, 0.25) is 0 Å². The lowest BCUT2D eigenvalue weighted by Crippen LogP contribution is -2.39. The molecule has 0 aliphatic heterocycles. The first kappa shape index (κ1) is 14.1. The molecule has 0 fully saturated rings. The van der Waals surface area contributed by atoms with Crippen LogP contribution in [0, 0.1) is 5.41 Å². The van der Waals surface area contributed by atoms with Crippen LogP contribution < -0.4 is 10.0 Å². The maximum absolute atomic E-state index is 11.9. The van der Waals surface area contributed by atoms with Gasteiger partial charge in [-0.2, -0.15) is 0 Å². The van der Waals surface area contributed by atoms with E-state index in [1.807, 2.05) is 20.9 Å². The fourth-order valence-electron chi connectivity index (χ4n) is 1.42. The summed E-state index contributed by atoms with van der Waals surface area (Å²) in [5.41, 5.74) is -0.135. The molecule has 1 aromatic heterocycles. The number of aromatic nitrogens is 1. The first-order valence-corrected chi connectivity index (χ1v) is 6.90. The van der Waals surface area contributed by atoms with Gasteiger partial charge in [0.1, 0.15) is 4.90 Å². The van der Waals surface area contributed by atoms with Crippen molar-refractivity contribution in [1.29, 1.82) is 0 Å². The Kier molecular flexibility index (Phi) is 4.62. The average molecular weight is 257 g/mol. The van der Waals surface area contributed by atoms with E-state index in [4.69, 9.17) is 0 Å². The van der Waals surface area contributed by atoms with Crippen molar-refractivity contribution >= 4 is 10.0 Å². The quantitative estimate of drug-likeness (QED) is 0.783. The van der Waals surface area contributed by atoms with Crippen molar-refractivity contribution in [3.8, 4) is 0 Å². The van der Waals surface area contributed by atoms with Crippen molar-refractivity contribution in [2.24, 2.45) is 5.41 Å². The van der Waals surface area contributed by atoms with Crippen molar-refractivity contribution in [2.75, 3.05) is 20.1 Å². The molecule has 0 aliphatic carbocycles. The highest BCUT2D eigenvalue weighted by Crippen LogP contribution is 2.13. The third kappa shape index (κ3) is 4.41. The lowest BCUT2D eigenvalue weighted by molar-refractivity contribution is 0.350. The smallest absolute Gasteiger partial charge is 0.242 e. The molecule has 0 atom stereocenters. The average Bonchev–Trinajstić information content (AvgIpc) is 2.28. The molecule has 0 saturated heterocycles. The van der Waals surface area contributed by atoms with Gasteiger partial charge in [0, 0.05) is 25.5 Å². The highest BCUT2D eigenvalue weighted by atomic mass is 32.2. The summed E-state index contributed by atoms with van der Waals surface area (Å²) >= 11 is 0. The number of hydrogen-bond donors (Lipinski definition) is 2. The molecule has 0 saturated carbocycles. The van der Waals surface area contributed by atoms with Gasteiger partial charge < -0.3 is 5.32 Å². The van der Waals surface area contributed by atoms with Crippen LogP contribution in [0.15, 0.2) is 29.4 Å². The molecule has 0 aliphatic rings. The zero-order chi connectivity index (χ0) is 12.9. The Bertz CT molecular complexity index is 443. The topological polar surface area (TPSA) is 71.1 Å². The van der Waals surface area contributed by atoms with Crippen LogP contribution in [0.4, 0.5) is 0 Å². The lowest BCUT2D eigenvalue weighted by Gasteiger charge is -2.24. The minimum Gasteiger partial charge on any atom is -0.319 e. The Labute approximate surface area is 103 Å². The predicted molar refractivity (Wildman–Crippen MR) is 67.1 cm³/mol. The molecule has 0 spiro atoms. The van der Waals surface area contributed by atoms with E-state index in [9.17, 15) is 8.42 Å². The van der Waals surface area contributed by atoms with E-state index in [0.29, 0.717) is 6.54 Å². The number of sulfonamides is 1. The number of nitrogens with one attached hydrogen (secondary N) is 2. The summed E-state index contributed by atoms with van der Waals surface area (Å²) in [6.45, 7) is 5.11. The van der Waals surface area contributed by atoms with Gasteiger partial charge in [-0.15, -0.1) is 0 Å². The normalized spacial score (nSPS) is 12.6. The Balaban J connectivity index is 2.69. The molecular weight excluding hydrogens is 238 g/mol. The van der Waals surface area contributed by atoms with Crippen LogP contribution in [0.1, 0.15) is 13.8 Å². The van der Waals surface area contributed by atoms with Gasteiger partial charge in [-0.1, -0.05) is 13.8 Å². The fourth-order valence-corrected chi connectivity index (χ4v) is 2.63. The summed E-state index contributed by atoms with van der Waals surface area (Å²) in [6.07, 6.45) is 2.89. The van der Waals surface area contributed by atoms with Crippen LogP contribution in [-0.4, -0.2) is 33.5 Å². The Morgan fingerprint density at radius 3 is 2.59 bits per heavy atom. The molecule has 0 aromatic carbocycles. The number of rotatable bonds is 6. The predicted octanol–water partition coefficient (Wildman–Crippen LogP) is 0.605. The Hall–Kier alpha value is -0.980. The monoisotopic (exact) mass is 257 g/mol. The zero-order valence-electron chi connectivity index (χ0n) is 10.4. The third-order valence-electron chi connectivity index (χ3n) is 2.34. The molecule has 96 valence electrons. The summed E-state index contributed by atoms with van der Waals surface area (Å²) in [6, 6.07) is 3.13. The van der Waals surface area contributed by atoms with Crippen LogP contribution in [0.5, 0.6) is 0 Å². The molecule has 1 rings (SSSR count). The van der Waals surface area contributed by atoms with Gasteiger partial charge in [0.25, 0.3) is 0 Å². The minimum atomic E-state index is -3.45. The molecule has 0 radical (unpaired) electrons. The molecular formula is C11H19N3O2S. The molecule has 6 heteroatoms. The number of hydrogen-bond acceptors (Lipinski definition) is 4. The molecule has 17 heavy (non-hydrogen) atoms. The maximum atomic E-state index is 11.9. The third-order valence-corrected chi connectivity index (χ3v) is 3.73. The lowest BCUT2D eigenvalue weighted by atomic mass is 9.94. The van der Waals surface area contributed by atoms with Gasteiger partial charge in [0.2, 0.25) is 10.0 Å². The van der Waals surface area contributed by atoms with Gasteiger partial charge in [0.15, 0.2) is 0 Å². The van der Waals surface area contributed by atoms with E-state index in [1.165, 1.54) is 12.3 Å². The number of pyridine rings is 1. The van der Waals surface area contributed by atoms with Crippen molar-refractivity contribution in [2.45, 2.75) is 18.7 Å². The van der Waals surface area contributed by atoms with Gasteiger partial charge in [-0.05, 0) is 24.6 Å². The van der Waals surface area contributed by atoms with E-state index in [-0.39, 0.29) is 10.3 Å². The van der Waals surface area contributed by atoms with Crippen molar-refractivity contribution in [3.63, 3.8) is 0 Å². The summed E-state index contributed by atoms with van der Waals surface area (Å²) in [7, 11) is -1.61. The summed E-state index contributed by atoms with van der Waals surface area (Å²) in [5, 5.41) is 3.04. The van der Waals surface area contributed by atoms with Crippen LogP contribution in [0.25, 0.3) is 0 Å². The first-order chi connectivity index (χ1) is 7.87. The SMILES string of the molecule is CNCC(C)(C)CNS(=O)(=O)c1cccnc1. The number of nitrogens with zero attached hydrogens (tertiary/aromatic N) is 1. The highest BCUT2D eigenvalue weighted by Gasteiger charge is 2.21. The van der Waals surface area contributed by atoms with Gasteiger partial charge >= 0.3 is 0 Å². The van der Waals surface area contributed by atoms with E-state index in [1.54, 1.807) is 12.3 Å². The van der Waals surface area contributed by atoms with E-state index in [0.717, 1.165) is 6.54 Å². The largest absolute Gasteiger partial charge is 0.319 e. The molecule has 1 heterocycles. The van der Waals surface area contributed by atoms with Crippen LogP contribution in [0.3, 0.4) is 0 Å². The van der Waals surface area contributed by atoms with Gasteiger partial charge in [-0.3, -0.25) is 4.98 Å². The fraction of sp³-hybridized carbons (Fsp3) is 0.545. The highest BCUT2D eigenvalue weighted by molar-refractivity contribution is 7.89. The van der Waals surface area contributed by atoms with E-state index in [2.05, 4.69) is 15.0 Å². The second kappa shape index (κ2) is 5.57. The van der Waals surface area contributed by atoms with Crippen molar-refractivity contribution in [3.05, 3.63) is 24.5 Å². The Morgan fingerprint density at radius 1 is 1.35 bits per heavy atom. The molecule has 0 unspecified atom stereocenters. The molecule has 5 nitrogen and oxygen atoms in total. The standard InChI is InChI=1S/C11H19N3O2S/c1-11(2,8-12-3)9-14-17(15,16)10-5-4-6-13-7-10/h4-7,12,14H,8-9H2,1-3H3. The zero-order valence-corrected chi connectivity index (χ0v) is 11.2. The second-order valence-electron chi connectivity index (χ2n) is 4.71. The van der Waals surface area contributed by atoms with Crippen molar-refractivity contribution < 1.29 is 8.42 Å². The van der Waals surface area contributed by atoms with Gasteiger partial charge in [-0.25, -0.2) is 13.1 Å². The summed E-state index contributed by atoms with van der Waals surface area (Å²) in [4.78, 5) is 3.99. The summed E-state index contributed by atoms with van der Waals surface area (Å²) in [5.74, 6) is 0. The van der Waals surface area contributed by atoms with E-state index >= 15 is 0 Å². The van der Waals surface area contributed by atoms with E-state index < -0.39 is 10.0 Å². The first-order valence-electron chi connectivity index (χ1n) is 5.42. The van der Waals surface area contributed by atoms with Crippen molar-refractivity contribution in [1.82, 2.24) is 15.0 Å². The van der Waals surface area contributed by atoms with Crippen LogP contribution in [-0.2, 0) is 10.0 Å². The maximum Gasteiger partial charge on any atom is 0.242 e. The van der Waals surface area contributed by atoms with Crippen LogP contribution >= 0.6 is 0 Å². The molecule has 2 N–H and O–H groups in total. The molecule has 1 aromatic rings.